The van der Waals surface area contributed by atoms with Crippen molar-refractivity contribution in [1.29, 1.82) is 0 Å². The van der Waals surface area contributed by atoms with Crippen molar-refractivity contribution in [3.63, 3.8) is 0 Å². The van der Waals surface area contributed by atoms with Gasteiger partial charge in [0.25, 0.3) is 5.91 Å². The van der Waals surface area contributed by atoms with E-state index in [-0.39, 0.29) is 11.4 Å². The van der Waals surface area contributed by atoms with Crippen molar-refractivity contribution in [2.75, 3.05) is 20.3 Å². The molecule has 0 aliphatic heterocycles. The zero-order valence-electron chi connectivity index (χ0n) is 15.6. The molecular formula is C19H21N3O6. The number of nitrogens with zero attached hydrogens (tertiary/aromatic N) is 2. The Hall–Kier alpha value is -3.62. The summed E-state index contributed by atoms with van der Waals surface area (Å²) in [5.41, 5.74) is 2.78. The van der Waals surface area contributed by atoms with E-state index in [0.717, 1.165) is 6.42 Å². The number of ether oxygens (including phenoxy) is 3. The van der Waals surface area contributed by atoms with Crippen LogP contribution in [-0.2, 0) is 4.79 Å². The smallest absolute Gasteiger partial charge is 0.310 e. The van der Waals surface area contributed by atoms with Crippen LogP contribution in [0.5, 0.6) is 17.2 Å². The number of methoxy groups -OCH3 is 1. The van der Waals surface area contributed by atoms with E-state index in [2.05, 4.69) is 10.5 Å². The first-order valence-corrected chi connectivity index (χ1v) is 8.54. The molecule has 2 aromatic carbocycles. The van der Waals surface area contributed by atoms with Gasteiger partial charge in [0.15, 0.2) is 23.9 Å². The average molecular weight is 387 g/mol. The Morgan fingerprint density at radius 2 is 1.96 bits per heavy atom. The molecule has 9 nitrogen and oxygen atoms in total. The van der Waals surface area contributed by atoms with Crippen LogP contribution >= 0.6 is 0 Å². The highest BCUT2D eigenvalue weighted by atomic mass is 16.6. The van der Waals surface area contributed by atoms with Crippen molar-refractivity contribution >= 4 is 17.8 Å². The number of hydrazone groups is 1. The number of carbonyl (C=O) groups is 1. The minimum absolute atomic E-state index is 0.0130. The molecule has 0 radical (unpaired) electrons. The Morgan fingerprint density at radius 1 is 1.18 bits per heavy atom. The molecular weight excluding hydrogens is 366 g/mol. The largest absolute Gasteiger partial charge is 0.493 e. The number of para-hydroxylation sites is 2. The van der Waals surface area contributed by atoms with Gasteiger partial charge in [-0.25, -0.2) is 5.43 Å². The summed E-state index contributed by atoms with van der Waals surface area (Å²) in [5.74, 6) is 0.648. The quantitative estimate of drug-likeness (QED) is 0.381. The normalized spacial score (nSPS) is 10.5. The molecule has 0 bridgehead atoms. The number of amides is 1. The standard InChI is InChI=1S/C19H21N3O6/c1-3-10-27-17-9-8-14(11-18(17)26-2)12-20-21-19(23)13-28-16-7-5-4-6-15(16)22(24)25/h4-9,11-12H,3,10,13H2,1-2H3,(H,21,23). The third kappa shape index (κ3) is 5.97. The van der Waals surface area contributed by atoms with Crippen LogP contribution in [0.25, 0.3) is 0 Å². The molecule has 0 fully saturated rings. The lowest BCUT2D eigenvalue weighted by molar-refractivity contribution is -0.385. The zero-order valence-corrected chi connectivity index (χ0v) is 15.6. The van der Waals surface area contributed by atoms with Crippen molar-refractivity contribution in [3.8, 4) is 17.2 Å². The number of rotatable bonds is 10. The van der Waals surface area contributed by atoms with Gasteiger partial charge in [-0.1, -0.05) is 19.1 Å². The molecule has 2 aromatic rings. The predicted octanol–water partition coefficient (Wildman–Crippen LogP) is 2.92. The van der Waals surface area contributed by atoms with Gasteiger partial charge in [-0.05, 0) is 36.2 Å². The number of nitrogens with one attached hydrogen (secondary N) is 1. The van der Waals surface area contributed by atoms with Crippen molar-refractivity contribution in [2.45, 2.75) is 13.3 Å². The molecule has 0 heterocycles. The van der Waals surface area contributed by atoms with Gasteiger partial charge in [-0.2, -0.15) is 5.10 Å². The van der Waals surface area contributed by atoms with Crippen molar-refractivity contribution < 1.29 is 23.9 Å². The fourth-order valence-electron chi connectivity index (χ4n) is 2.18. The van der Waals surface area contributed by atoms with Crippen LogP contribution in [-0.4, -0.2) is 37.4 Å². The fraction of sp³-hybridized carbons (Fsp3) is 0.263. The van der Waals surface area contributed by atoms with Gasteiger partial charge in [0.05, 0.1) is 24.9 Å². The maximum absolute atomic E-state index is 11.8. The maximum atomic E-state index is 11.8. The minimum atomic E-state index is -0.577. The second-order valence-electron chi connectivity index (χ2n) is 5.57. The summed E-state index contributed by atoms with van der Waals surface area (Å²) >= 11 is 0. The number of nitro groups is 1. The SMILES string of the molecule is CCCOc1ccc(C=NNC(=O)COc2ccccc2[N+](=O)[O-])cc1OC. The highest BCUT2D eigenvalue weighted by molar-refractivity contribution is 5.83. The first-order chi connectivity index (χ1) is 13.5. The monoisotopic (exact) mass is 387 g/mol. The Labute approximate surface area is 162 Å². The van der Waals surface area contributed by atoms with Crippen LogP contribution in [0.2, 0.25) is 0 Å². The van der Waals surface area contributed by atoms with E-state index in [0.29, 0.717) is 23.7 Å². The Balaban J connectivity index is 1.90. The average Bonchev–Trinajstić information content (AvgIpc) is 2.71. The Morgan fingerprint density at radius 3 is 2.68 bits per heavy atom. The molecule has 0 unspecified atom stereocenters. The molecule has 1 N–H and O–H groups in total. The molecule has 1 amide bonds. The Bertz CT molecular complexity index is 853. The lowest BCUT2D eigenvalue weighted by Crippen LogP contribution is -2.24. The first kappa shape index (κ1) is 20.7. The van der Waals surface area contributed by atoms with Gasteiger partial charge < -0.3 is 14.2 Å². The number of hydrogen-bond acceptors (Lipinski definition) is 7. The van der Waals surface area contributed by atoms with Gasteiger partial charge in [-0.15, -0.1) is 0 Å². The van der Waals surface area contributed by atoms with E-state index >= 15 is 0 Å². The number of hydrogen-bond donors (Lipinski definition) is 1. The molecule has 0 atom stereocenters. The summed E-state index contributed by atoms with van der Waals surface area (Å²) in [5, 5.41) is 14.8. The van der Waals surface area contributed by atoms with Crippen LogP contribution in [0.1, 0.15) is 18.9 Å². The summed E-state index contributed by atoms with van der Waals surface area (Å²) in [4.78, 5) is 22.2. The van der Waals surface area contributed by atoms with E-state index in [1.807, 2.05) is 6.92 Å². The second kappa shape index (κ2) is 10.5. The summed E-state index contributed by atoms with van der Waals surface area (Å²) in [7, 11) is 1.54. The molecule has 28 heavy (non-hydrogen) atoms. The van der Waals surface area contributed by atoms with Crippen LogP contribution < -0.4 is 19.6 Å². The van der Waals surface area contributed by atoms with E-state index in [1.165, 1.54) is 31.5 Å². The molecule has 0 aromatic heterocycles. The lowest BCUT2D eigenvalue weighted by Gasteiger charge is -2.10. The molecule has 0 spiro atoms. The molecule has 0 saturated carbocycles. The summed E-state index contributed by atoms with van der Waals surface area (Å²) in [6, 6.07) is 11.1. The van der Waals surface area contributed by atoms with Crippen LogP contribution in [0, 0.1) is 10.1 Å². The number of nitro benzene ring substituents is 1. The van der Waals surface area contributed by atoms with Crippen LogP contribution in [0.15, 0.2) is 47.6 Å². The molecule has 0 aliphatic rings. The van der Waals surface area contributed by atoms with Crippen LogP contribution in [0.3, 0.4) is 0 Å². The van der Waals surface area contributed by atoms with E-state index < -0.39 is 17.4 Å². The maximum Gasteiger partial charge on any atom is 0.310 e. The number of benzene rings is 2. The summed E-state index contributed by atoms with van der Waals surface area (Å²) < 4.78 is 16.0. The highest BCUT2D eigenvalue weighted by Crippen LogP contribution is 2.27. The minimum Gasteiger partial charge on any atom is -0.493 e. The predicted molar refractivity (Wildman–Crippen MR) is 103 cm³/mol. The topological polar surface area (TPSA) is 112 Å². The lowest BCUT2D eigenvalue weighted by atomic mass is 10.2. The molecule has 9 heteroatoms. The van der Waals surface area contributed by atoms with Gasteiger partial charge in [0, 0.05) is 6.07 Å². The zero-order chi connectivity index (χ0) is 20.4. The van der Waals surface area contributed by atoms with Gasteiger partial charge in [0.2, 0.25) is 0 Å². The first-order valence-electron chi connectivity index (χ1n) is 8.54. The van der Waals surface area contributed by atoms with Gasteiger partial charge >= 0.3 is 5.69 Å². The Kier molecular flexibility index (Phi) is 7.77. The third-order valence-corrected chi connectivity index (χ3v) is 3.47. The van der Waals surface area contributed by atoms with Crippen molar-refractivity contribution in [1.82, 2.24) is 5.43 Å². The van der Waals surface area contributed by atoms with E-state index in [4.69, 9.17) is 14.2 Å². The number of carbonyl (C=O) groups excluding carboxylic acids is 1. The molecule has 148 valence electrons. The summed E-state index contributed by atoms with van der Waals surface area (Å²) in [6.07, 6.45) is 2.32. The van der Waals surface area contributed by atoms with Crippen LogP contribution in [0.4, 0.5) is 5.69 Å². The van der Waals surface area contributed by atoms with Crippen molar-refractivity contribution in [3.05, 3.63) is 58.1 Å². The second-order valence-corrected chi connectivity index (χ2v) is 5.57. The van der Waals surface area contributed by atoms with Crippen molar-refractivity contribution in [2.24, 2.45) is 5.10 Å². The third-order valence-electron chi connectivity index (χ3n) is 3.47. The highest BCUT2D eigenvalue weighted by Gasteiger charge is 2.14. The van der Waals surface area contributed by atoms with Gasteiger partial charge in [-0.3, -0.25) is 14.9 Å². The fourth-order valence-corrected chi connectivity index (χ4v) is 2.18. The van der Waals surface area contributed by atoms with E-state index in [9.17, 15) is 14.9 Å². The molecule has 0 aliphatic carbocycles. The molecule has 0 saturated heterocycles. The van der Waals surface area contributed by atoms with Gasteiger partial charge in [0.1, 0.15) is 0 Å². The summed E-state index contributed by atoms with van der Waals surface area (Å²) in [6.45, 7) is 2.19. The van der Waals surface area contributed by atoms with E-state index in [1.54, 1.807) is 24.3 Å². The molecule has 2 rings (SSSR count).